The lowest BCUT2D eigenvalue weighted by molar-refractivity contribution is -0.165. The van der Waals surface area contributed by atoms with Crippen LogP contribution in [0.5, 0.6) is 5.75 Å². The van der Waals surface area contributed by atoms with Gasteiger partial charge in [0.15, 0.2) is 11.9 Å². The van der Waals surface area contributed by atoms with Crippen LogP contribution < -0.4 is 0 Å². The monoisotopic (exact) mass is 524 g/mol. The second-order valence-electron chi connectivity index (χ2n) is 8.06. The summed E-state index contributed by atoms with van der Waals surface area (Å²) in [6.07, 6.45) is -8.66. The smallest absolute Gasteiger partial charge is 0.349 e. The van der Waals surface area contributed by atoms with E-state index in [4.69, 9.17) is 9.47 Å². The van der Waals surface area contributed by atoms with Crippen LogP contribution in [0.15, 0.2) is 78.9 Å². The molecule has 0 bridgehead atoms. The van der Waals surface area contributed by atoms with Gasteiger partial charge in [0.05, 0.1) is 17.7 Å². The van der Waals surface area contributed by atoms with E-state index in [1.54, 1.807) is 6.07 Å². The lowest BCUT2D eigenvalue weighted by Crippen LogP contribution is -2.52. The first-order valence-electron chi connectivity index (χ1n) is 11.2. The zero-order valence-electron chi connectivity index (χ0n) is 19.7. The molecule has 0 fully saturated rings. The van der Waals surface area contributed by atoms with Gasteiger partial charge in [-0.05, 0) is 42.5 Å². The number of rotatable bonds is 11. The van der Waals surface area contributed by atoms with E-state index in [2.05, 4.69) is 0 Å². The lowest BCUT2D eigenvalue weighted by atomic mass is 9.98. The molecule has 3 rings (SSSR count). The molecule has 0 heterocycles. The van der Waals surface area contributed by atoms with Gasteiger partial charge in [-0.25, -0.2) is 14.4 Å². The summed E-state index contributed by atoms with van der Waals surface area (Å²) in [7, 11) is 0. The summed E-state index contributed by atoms with van der Waals surface area (Å²) in [6, 6.07) is 17.9. The number of carbonyl (C=O) groups is 4. The minimum atomic E-state index is -2.30. The Bertz CT molecular complexity index is 1290. The molecule has 3 aromatic rings. The first kappa shape index (κ1) is 28.0. The third kappa shape index (κ3) is 6.59. The van der Waals surface area contributed by atoms with Crippen LogP contribution >= 0.6 is 0 Å². The van der Waals surface area contributed by atoms with Gasteiger partial charge < -0.3 is 35.0 Å². The predicted octanol–water partition coefficient (Wildman–Crippen LogP) is 1.17. The molecule has 0 saturated heterocycles. The maximum absolute atomic E-state index is 13.2. The summed E-state index contributed by atoms with van der Waals surface area (Å²) >= 11 is 0. The predicted molar refractivity (Wildman–Crippen MR) is 130 cm³/mol. The minimum Gasteiger partial charge on any atom is -0.508 e. The van der Waals surface area contributed by atoms with E-state index in [9.17, 15) is 44.7 Å². The van der Waals surface area contributed by atoms with E-state index in [0.717, 1.165) is 0 Å². The topological polar surface area (TPSA) is 188 Å². The molecule has 5 N–H and O–H groups in total. The van der Waals surface area contributed by atoms with Crippen molar-refractivity contribution in [3.8, 4) is 5.75 Å². The molecule has 3 aromatic carbocycles. The maximum atomic E-state index is 13.2. The summed E-state index contributed by atoms with van der Waals surface area (Å²) in [4.78, 5) is 50.7. The minimum absolute atomic E-state index is 0.0362. The van der Waals surface area contributed by atoms with Crippen LogP contribution in [0.3, 0.4) is 0 Å². The van der Waals surface area contributed by atoms with Crippen molar-refractivity contribution in [2.75, 3.05) is 6.61 Å². The number of carboxylic acid groups (broad SMARTS) is 1. The van der Waals surface area contributed by atoms with Crippen molar-refractivity contribution in [1.82, 2.24) is 0 Å². The number of hydrogen-bond acceptors (Lipinski definition) is 10. The number of esters is 2. The lowest BCUT2D eigenvalue weighted by Gasteiger charge is -2.30. The molecule has 0 radical (unpaired) electrons. The van der Waals surface area contributed by atoms with Crippen LogP contribution in [0.2, 0.25) is 0 Å². The van der Waals surface area contributed by atoms with Gasteiger partial charge in [0.1, 0.15) is 18.0 Å². The van der Waals surface area contributed by atoms with E-state index in [0.29, 0.717) is 0 Å². The zero-order chi connectivity index (χ0) is 27.8. The molecule has 11 heteroatoms. The van der Waals surface area contributed by atoms with E-state index < -0.39 is 54.7 Å². The Kier molecular flexibility index (Phi) is 9.28. The molecule has 198 valence electrons. The molecule has 11 nitrogen and oxygen atoms in total. The number of aliphatic hydroxyl groups excluding tert-OH is 3. The fourth-order valence-electron chi connectivity index (χ4n) is 3.47. The molecule has 38 heavy (non-hydrogen) atoms. The Hall–Kier alpha value is -4.58. The molecular formula is C27H24O11. The number of carboxylic acids is 1. The van der Waals surface area contributed by atoms with Gasteiger partial charge in [0, 0.05) is 11.1 Å². The number of aliphatic carboxylic acids is 1. The summed E-state index contributed by atoms with van der Waals surface area (Å²) in [5.74, 6) is -4.92. The molecule has 0 unspecified atom stereocenters. The highest BCUT2D eigenvalue weighted by molar-refractivity contribution is 6.14. The van der Waals surface area contributed by atoms with E-state index in [1.807, 2.05) is 0 Å². The molecule has 0 amide bonds. The van der Waals surface area contributed by atoms with Crippen LogP contribution in [0.25, 0.3) is 0 Å². The van der Waals surface area contributed by atoms with Crippen molar-refractivity contribution >= 4 is 23.7 Å². The first-order valence-corrected chi connectivity index (χ1v) is 11.2. The highest BCUT2D eigenvalue weighted by atomic mass is 16.6. The van der Waals surface area contributed by atoms with E-state index in [1.165, 1.54) is 72.8 Å². The SMILES string of the molecule is O=C(O[C@@H](C(=O)O)[C@@H](OC(=O)c1ccccc1C(=O)c1ccc(O)cc1)[C@H](O)[C@H](O)CO)c1ccccc1. The van der Waals surface area contributed by atoms with Crippen LogP contribution in [0.1, 0.15) is 36.6 Å². The Morgan fingerprint density at radius 2 is 1.29 bits per heavy atom. The number of phenols is 1. The van der Waals surface area contributed by atoms with E-state index >= 15 is 0 Å². The van der Waals surface area contributed by atoms with Crippen molar-refractivity contribution in [2.45, 2.75) is 24.4 Å². The Labute approximate surface area is 216 Å². The van der Waals surface area contributed by atoms with Gasteiger partial charge in [-0.2, -0.15) is 0 Å². The standard InChI is InChI=1S/C27H24O11/c28-14-20(30)22(32)23(24(25(33)34)38-26(35)16-6-2-1-3-7-16)37-27(36)19-9-5-4-8-18(19)21(31)15-10-12-17(29)13-11-15/h1-13,20,22-24,28-30,32H,14H2,(H,33,34)/t20-,22-,23+,24-/m1/s1. The Balaban J connectivity index is 1.95. The normalized spacial score (nSPS) is 14.0. The van der Waals surface area contributed by atoms with Crippen molar-refractivity contribution in [3.05, 3.63) is 101 Å². The van der Waals surface area contributed by atoms with E-state index in [-0.39, 0.29) is 28.0 Å². The third-order valence-electron chi connectivity index (χ3n) is 5.47. The summed E-state index contributed by atoms with van der Waals surface area (Å²) in [5, 5.41) is 49.0. The van der Waals surface area contributed by atoms with Crippen LogP contribution in [-0.2, 0) is 14.3 Å². The molecule has 0 aliphatic carbocycles. The molecular weight excluding hydrogens is 500 g/mol. The summed E-state index contributed by atoms with van der Waals surface area (Å²) in [5.41, 5.74) is -0.381. The Morgan fingerprint density at radius 1 is 0.711 bits per heavy atom. The van der Waals surface area contributed by atoms with Crippen molar-refractivity contribution in [1.29, 1.82) is 0 Å². The fourth-order valence-corrected chi connectivity index (χ4v) is 3.47. The third-order valence-corrected chi connectivity index (χ3v) is 5.47. The quantitative estimate of drug-likeness (QED) is 0.179. The second-order valence-corrected chi connectivity index (χ2v) is 8.06. The highest BCUT2D eigenvalue weighted by Gasteiger charge is 2.43. The number of ketones is 1. The van der Waals surface area contributed by atoms with Gasteiger partial charge in [-0.3, -0.25) is 4.79 Å². The molecule has 0 spiro atoms. The maximum Gasteiger partial charge on any atom is 0.349 e. The first-order chi connectivity index (χ1) is 18.1. The van der Waals surface area contributed by atoms with Crippen LogP contribution in [-0.4, -0.2) is 80.2 Å². The van der Waals surface area contributed by atoms with Crippen molar-refractivity contribution in [3.63, 3.8) is 0 Å². The van der Waals surface area contributed by atoms with Gasteiger partial charge >= 0.3 is 17.9 Å². The molecule has 0 saturated carbocycles. The Morgan fingerprint density at radius 3 is 1.87 bits per heavy atom. The highest BCUT2D eigenvalue weighted by Crippen LogP contribution is 2.22. The summed E-state index contributed by atoms with van der Waals surface area (Å²) < 4.78 is 10.2. The van der Waals surface area contributed by atoms with Crippen molar-refractivity contribution < 1.29 is 54.2 Å². The number of hydrogen-bond donors (Lipinski definition) is 5. The summed E-state index contributed by atoms with van der Waals surface area (Å²) in [6.45, 7) is -1.04. The number of carbonyl (C=O) groups excluding carboxylic acids is 3. The van der Waals surface area contributed by atoms with Gasteiger partial charge in [-0.15, -0.1) is 0 Å². The van der Waals surface area contributed by atoms with Gasteiger partial charge in [-0.1, -0.05) is 36.4 Å². The average Bonchev–Trinajstić information content (AvgIpc) is 2.94. The average molecular weight is 524 g/mol. The number of benzene rings is 3. The fraction of sp³-hybridized carbons (Fsp3) is 0.185. The zero-order valence-corrected chi connectivity index (χ0v) is 19.7. The molecule has 0 aliphatic heterocycles. The van der Waals surface area contributed by atoms with Gasteiger partial charge in [0.2, 0.25) is 6.10 Å². The second kappa shape index (κ2) is 12.6. The largest absolute Gasteiger partial charge is 0.508 e. The molecule has 0 aromatic heterocycles. The van der Waals surface area contributed by atoms with Crippen molar-refractivity contribution in [2.24, 2.45) is 0 Å². The number of ether oxygens (including phenoxy) is 2. The van der Waals surface area contributed by atoms with Crippen LogP contribution in [0.4, 0.5) is 0 Å². The number of aliphatic hydroxyl groups is 3. The number of phenolic OH excluding ortho intramolecular Hbond substituents is 1. The number of aromatic hydroxyl groups is 1. The van der Waals surface area contributed by atoms with Gasteiger partial charge in [0.25, 0.3) is 0 Å². The van der Waals surface area contributed by atoms with Crippen LogP contribution in [0, 0.1) is 0 Å². The molecule has 4 atom stereocenters. The molecule has 0 aliphatic rings.